The maximum absolute atomic E-state index is 12.3. The molecule has 1 aromatic heterocycles. The minimum Gasteiger partial charge on any atom is -0.494 e. The monoisotopic (exact) mass is 343 g/mol. The van der Waals surface area contributed by atoms with Gasteiger partial charge in [0.1, 0.15) is 11.4 Å². The van der Waals surface area contributed by atoms with Gasteiger partial charge in [0.15, 0.2) is 0 Å². The molecule has 0 saturated heterocycles. The van der Waals surface area contributed by atoms with Crippen molar-refractivity contribution in [3.63, 3.8) is 0 Å². The molecule has 5 nitrogen and oxygen atoms in total. The molecule has 136 valence electrons. The molecule has 2 aromatic rings. The van der Waals surface area contributed by atoms with E-state index >= 15 is 0 Å². The minimum atomic E-state index is -0.117. The van der Waals surface area contributed by atoms with Crippen LogP contribution in [0.5, 0.6) is 5.75 Å². The number of nitrogens with zero attached hydrogens (tertiary/aromatic N) is 2. The van der Waals surface area contributed by atoms with E-state index in [1.165, 1.54) is 0 Å². The summed E-state index contributed by atoms with van der Waals surface area (Å²) in [5.41, 5.74) is 2.77. The van der Waals surface area contributed by atoms with Crippen LogP contribution in [0, 0.1) is 5.41 Å². The first kappa shape index (κ1) is 19.0. The number of aryl methyl sites for hydroxylation is 2. The molecule has 1 N–H and O–H groups in total. The molecule has 0 radical (unpaired) electrons. The highest BCUT2D eigenvalue weighted by Gasteiger charge is 2.13. The lowest BCUT2D eigenvalue weighted by Crippen LogP contribution is -2.25. The van der Waals surface area contributed by atoms with Crippen molar-refractivity contribution in [3.8, 4) is 5.75 Å². The fourth-order valence-electron chi connectivity index (χ4n) is 2.41. The number of amides is 1. The van der Waals surface area contributed by atoms with Gasteiger partial charge in [-0.3, -0.25) is 9.48 Å². The van der Waals surface area contributed by atoms with Crippen LogP contribution in [-0.2, 0) is 20.0 Å². The summed E-state index contributed by atoms with van der Waals surface area (Å²) in [4.78, 5) is 12.3. The first-order valence-electron chi connectivity index (χ1n) is 8.81. The molecule has 2 rings (SSSR count). The second kappa shape index (κ2) is 8.19. The number of aromatic nitrogens is 2. The Morgan fingerprint density at radius 3 is 2.68 bits per heavy atom. The number of benzene rings is 1. The lowest BCUT2D eigenvalue weighted by Gasteiger charge is -2.18. The van der Waals surface area contributed by atoms with Crippen molar-refractivity contribution in [1.82, 2.24) is 15.1 Å². The van der Waals surface area contributed by atoms with Crippen LogP contribution >= 0.6 is 0 Å². The van der Waals surface area contributed by atoms with Crippen LogP contribution in [0.3, 0.4) is 0 Å². The summed E-state index contributed by atoms with van der Waals surface area (Å²) >= 11 is 0. The molecule has 0 fully saturated rings. The highest BCUT2D eigenvalue weighted by Crippen LogP contribution is 2.20. The molecule has 0 bridgehead atoms. The summed E-state index contributed by atoms with van der Waals surface area (Å²) in [6.07, 6.45) is 1.81. The van der Waals surface area contributed by atoms with Crippen molar-refractivity contribution < 1.29 is 9.53 Å². The molecule has 25 heavy (non-hydrogen) atoms. The minimum absolute atomic E-state index is 0.117. The van der Waals surface area contributed by atoms with E-state index < -0.39 is 0 Å². The Morgan fingerprint density at radius 2 is 2.04 bits per heavy atom. The maximum Gasteiger partial charge on any atom is 0.269 e. The Bertz CT molecular complexity index is 714. The summed E-state index contributed by atoms with van der Waals surface area (Å²) < 4.78 is 7.45. The lowest BCUT2D eigenvalue weighted by atomic mass is 9.93. The molecule has 1 aromatic carbocycles. The molecular weight excluding hydrogens is 314 g/mol. The standard InChI is InChI=1S/C20H29N3O2/c1-6-16-13-18(23(5)22-16)19(24)21-14-15-8-7-9-17(12-15)25-11-10-20(2,3)4/h7-9,12-13H,6,10-11,14H2,1-5H3,(H,21,24). The molecule has 0 unspecified atom stereocenters. The number of nitrogens with one attached hydrogen (secondary N) is 1. The van der Waals surface area contributed by atoms with Gasteiger partial charge in [0, 0.05) is 13.6 Å². The molecular formula is C20H29N3O2. The van der Waals surface area contributed by atoms with Gasteiger partial charge in [-0.15, -0.1) is 0 Å². The van der Waals surface area contributed by atoms with Crippen LogP contribution in [0.2, 0.25) is 0 Å². The second-order valence-corrected chi connectivity index (χ2v) is 7.49. The molecule has 0 saturated carbocycles. The Kier molecular flexibility index (Phi) is 6.23. The largest absolute Gasteiger partial charge is 0.494 e. The van der Waals surface area contributed by atoms with E-state index in [2.05, 4.69) is 31.2 Å². The van der Waals surface area contributed by atoms with Crippen molar-refractivity contribution in [2.75, 3.05) is 6.61 Å². The second-order valence-electron chi connectivity index (χ2n) is 7.49. The van der Waals surface area contributed by atoms with Crippen LogP contribution in [0.1, 0.15) is 55.9 Å². The summed E-state index contributed by atoms with van der Waals surface area (Å²) in [5.74, 6) is 0.721. The average Bonchev–Trinajstić information content (AvgIpc) is 2.93. The molecule has 0 atom stereocenters. The summed E-state index contributed by atoms with van der Waals surface area (Å²) in [6.45, 7) is 9.77. The van der Waals surface area contributed by atoms with Crippen molar-refractivity contribution in [1.29, 1.82) is 0 Å². The topological polar surface area (TPSA) is 56.1 Å². The van der Waals surface area contributed by atoms with E-state index in [1.54, 1.807) is 11.7 Å². The molecule has 1 heterocycles. The molecule has 0 aliphatic heterocycles. The normalized spacial score (nSPS) is 11.4. The van der Waals surface area contributed by atoms with Gasteiger partial charge in [-0.1, -0.05) is 39.8 Å². The Hall–Kier alpha value is -2.30. The molecule has 1 amide bonds. The summed E-state index contributed by atoms with van der Waals surface area (Å²) in [5, 5.41) is 7.25. The van der Waals surface area contributed by atoms with E-state index in [0.29, 0.717) is 18.8 Å². The molecule has 0 aliphatic rings. The van der Waals surface area contributed by atoms with Crippen molar-refractivity contribution in [2.45, 2.75) is 47.1 Å². The zero-order valence-electron chi connectivity index (χ0n) is 15.9. The quantitative estimate of drug-likeness (QED) is 0.833. The molecule has 5 heteroatoms. The fourth-order valence-corrected chi connectivity index (χ4v) is 2.41. The Balaban J connectivity index is 1.91. The number of carbonyl (C=O) groups excluding carboxylic acids is 1. The zero-order chi connectivity index (χ0) is 18.4. The third-order valence-electron chi connectivity index (χ3n) is 4.00. The third-order valence-corrected chi connectivity index (χ3v) is 4.00. The van der Waals surface area contributed by atoms with E-state index in [4.69, 9.17) is 4.74 Å². The first-order chi connectivity index (χ1) is 11.8. The first-order valence-corrected chi connectivity index (χ1v) is 8.81. The van der Waals surface area contributed by atoms with Crippen molar-refractivity contribution in [3.05, 3.63) is 47.3 Å². The fraction of sp³-hybridized carbons (Fsp3) is 0.500. The van der Waals surface area contributed by atoms with Gasteiger partial charge in [-0.05, 0) is 42.0 Å². The predicted molar refractivity (Wildman–Crippen MR) is 99.8 cm³/mol. The number of ether oxygens (including phenoxy) is 1. The maximum atomic E-state index is 12.3. The van der Waals surface area contributed by atoms with Gasteiger partial charge in [-0.2, -0.15) is 5.10 Å². The molecule has 0 aliphatic carbocycles. The van der Waals surface area contributed by atoms with Crippen molar-refractivity contribution >= 4 is 5.91 Å². The Labute approximate surface area is 150 Å². The average molecular weight is 343 g/mol. The van der Waals surface area contributed by atoms with E-state index in [-0.39, 0.29) is 11.3 Å². The number of hydrogen-bond acceptors (Lipinski definition) is 3. The van der Waals surface area contributed by atoms with Crippen LogP contribution < -0.4 is 10.1 Å². The van der Waals surface area contributed by atoms with Gasteiger partial charge in [0.25, 0.3) is 5.91 Å². The van der Waals surface area contributed by atoms with Crippen LogP contribution in [0.25, 0.3) is 0 Å². The zero-order valence-corrected chi connectivity index (χ0v) is 15.9. The lowest BCUT2D eigenvalue weighted by molar-refractivity contribution is 0.0941. The van der Waals surface area contributed by atoms with Crippen LogP contribution in [0.4, 0.5) is 0 Å². The van der Waals surface area contributed by atoms with Crippen LogP contribution in [-0.4, -0.2) is 22.3 Å². The summed E-state index contributed by atoms with van der Waals surface area (Å²) in [7, 11) is 1.79. The van der Waals surface area contributed by atoms with Gasteiger partial charge >= 0.3 is 0 Å². The van der Waals surface area contributed by atoms with E-state index in [0.717, 1.165) is 29.8 Å². The van der Waals surface area contributed by atoms with Crippen molar-refractivity contribution in [2.24, 2.45) is 12.5 Å². The number of carbonyl (C=O) groups is 1. The highest BCUT2D eigenvalue weighted by molar-refractivity contribution is 5.92. The Morgan fingerprint density at radius 1 is 1.28 bits per heavy atom. The predicted octanol–water partition coefficient (Wildman–Crippen LogP) is 3.73. The van der Waals surface area contributed by atoms with E-state index in [1.807, 2.05) is 37.3 Å². The highest BCUT2D eigenvalue weighted by atomic mass is 16.5. The van der Waals surface area contributed by atoms with Crippen LogP contribution in [0.15, 0.2) is 30.3 Å². The van der Waals surface area contributed by atoms with Gasteiger partial charge in [0.05, 0.1) is 12.3 Å². The summed E-state index contributed by atoms with van der Waals surface area (Å²) in [6, 6.07) is 9.69. The van der Waals surface area contributed by atoms with E-state index in [9.17, 15) is 4.79 Å². The number of hydrogen-bond donors (Lipinski definition) is 1. The number of rotatable bonds is 7. The van der Waals surface area contributed by atoms with Gasteiger partial charge in [0.2, 0.25) is 0 Å². The smallest absolute Gasteiger partial charge is 0.269 e. The SMILES string of the molecule is CCc1cc(C(=O)NCc2cccc(OCCC(C)(C)C)c2)n(C)n1. The van der Waals surface area contributed by atoms with Gasteiger partial charge in [-0.25, -0.2) is 0 Å². The third kappa shape index (κ3) is 5.93. The molecule has 0 spiro atoms. The van der Waals surface area contributed by atoms with Gasteiger partial charge < -0.3 is 10.1 Å².